The van der Waals surface area contributed by atoms with Gasteiger partial charge in [-0.15, -0.1) is 0 Å². The maximum atomic E-state index is 13.1. The van der Waals surface area contributed by atoms with Crippen LogP contribution in [0.15, 0.2) is 45.6 Å². The molecular weight excluding hydrogens is 304 g/mol. The predicted molar refractivity (Wildman–Crippen MR) is 89.6 cm³/mol. The Bertz CT molecular complexity index is 707. The van der Waals surface area contributed by atoms with Gasteiger partial charge in [0.15, 0.2) is 0 Å². The van der Waals surface area contributed by atoms with Crippen molar-refractivity contribution >= 4 is 11.6 Å². The van der Waals surface area contributed by atoms with Crippen molar-refractivity contribution in [2.45, 2.75) is 46.0 Å². The van der Waals surface area contributed by atoms with Crippen LogP contribution in [0.1, 0.15) is 57.5 Å². The van der Waals surface area contributed by atoms with Crippen molar-refractivity contribution in [3.8, 4) is 0 Å². The van der Waals surface area contributed by atoms with Crippen LogP contribution in [0.2, 0.25) is 0 Å². The summed E-state index contributed by atoms with van der Waals surface area (Å²) in [7, 11) is 0. The van der Waals surface area contributed by atoms with Gasteiger partial charge in [-0.25, -0.2) is 0 Å². The Morgan fingerprint density at radius 3 is 2.21 bits per heavy atom. The van der Waals surface area contributed by atoms with Crippen molar-refractivity contribution in [3.05, 3.63) is 48.3 Å². The van der Waals surface area contributed by atoms with Crippen LogP contribution in [0, 0.1) is 17.3 Å². The Labute approximate surface area is 142 Å². The van der Waals surface area contributed by atoms with Gasteiger partial charge in [-0.3, -0.25) is 9.59 Å². The maximum absolute atomic E-state index is 13.1. The molecule has 0 radical (unpaired) electrons. The highest BCUT2D eigenvalue weighted by Gasteiger charge is 2.54. The lowest BCUT2D eigenvalue weighted by atomic mass is 9.56. The summed E-state index contributed by atoms with van der Waals surface area (Å²) in [6, 6.07) is 7.34. The van der Waals surface area contributed by atoms with Crippen molar-refractivity contribution in [2.75, 3.05) is 0 Å². The third kappa shape index (κ3) is 2.64. The number of rotatable bonds is 4. The van der Waals surface area contributed by atoms with Gasteiger partial charge >= 0.3 is 0 Å². The lowest BCUT2D eigenvalue weighted by molar-refractivity contribution is -0.140. The minimum Gasteiger partial charge on any atom is -0.469 e. The average Bonchev–Trinajstić information content (AvgIpc) is 3.21. The minimum atomic E-state index is -0.657. The summed E-state index contributed by atoms with van der Waals surface area (Å²) in [6.45, 7) is 7.65. The zero-order valence-electron chi connectivity index (χ0n) is 14.6. The molecule has 0 saturated heterocycles. The fraction of sp³-hybridized carbons (Fsp3) is 0.500. The molecular formula is C20H24O4. The third-order valence-electron chi connectivity index (χ3n) is 5.35. The van der Waals surface area contributed by atoms with Crippen LogP contribution < -0.4 is 0 Å². The molecule has 0 N–H and O–H groups in total. The highest BCUT2D eigenvalue weighted by molar-refractivity contribution is 5.93. The molecule has 0 spiro atoms. The van der Waals surface area contributed by atoms with Crippen molar-refractivity contribution in [3.63, 3.8) is 0 Å². The van der Waals surface area contributed by atoms with Crippen molar-refractivity contribution in [1.82, 2.24) is 0 Å². The number of carbonyl (C=O) groups excluding carboxylic acids is 2. The molecule has 0 bridgehead atoms. The van der Waals surface area contributed by atoms with E-state index in [4.69, 9.17) is 8.83 Å². The lowest BCUT2D eigenvalue weighted by Gasteiger charge is -2.45. The molecule has 24 heavy (non-hydrogen) atoms. The molecule has 0 aromatic carbocycles. The SMILES string of the molecule is CC(C)C(=O)[C@@H]1[C@H](c2ccco2)CC(=O)C(C)(C)[C@H]1c1ccco1. The Balaban J connectivity index is 2.15. The smallest absolute Gasteiger partial charge is 0.140 e. The number of hydrogen-bond donors (Lipinski definition) is 0. The maximum Gasteiger partial charge on any atom is 0.140 e. The van der Waals surface area contributed by atoms with Crippen LogP contribution in [0.4, 0.5) is 0 Å². The molecule has 2 heterocycles. The predicted octanol–water partition coefficient (Wildman–Crippen LogP) is 4.58. The molecule has 128 valence electrons. The zero-order chi connectivity index (χ0) is 17.5. The molecule has 1 saturated carbocycles. The van der Waals surface area contributed by atoms with E-state index < -0.39 is 5.41 Å². The Morgan fingerprint density at radius 1 is 1.12 bits per heavy atom. The van der Waals surface area contributed by atoms with Crippen LogP contribution in [0.25, 0.3) is 0 Å². The summed E-state index contributed by atoms with van der Waals surface area (Å²) < 4.78 is 11.2. The molecule has 0 amide bonds. The van der Waals surface area contributed by atoms with Gasteiger partial charge in [0.1, 0.15) is 23.1 Å². The van der Waals surface area contributed by atoms with E-state index in [1.54, 1.807) is 18.6 Å². The minimum absolute atomic E-state index is 0.117. The molecule has 0 unspecified atom stereocenters. The Morgan fingerprint density at radius 2 is 1.71 bits per heavy atom. The van der Waals surface area contributed by atoms with Crippen molar-refractivity contribution < 1.29 is 18.4 Å². The number of hydrogen-bond acceptors (Lipinski definition) is 4. The van der Waals surface area contributed by atoms with E-state index in [2.05, 4.69) is 0 Å². The first-order chi connectivity index (χ1) is 11.3. The van der Waals surface area contributed by atoms with Crippen LogP contribution in [0.5, 0.6) is 0 Å². The van der Waals surface area contributed by atoms with Gasteiger partial charge in [-0.1, -0.05) is 27.7 Å². The summed E-state index contributed by atoms with van der Waals surface area (Å²) in [5, 5.41) is 0. The van der Waals surface area contributed by atoms with Crippen molar-refractivity contribution in [2.24, 2.45) is 17.3 Å². The molecule has 3 rings (SSSR count). The van der Waals surface area contributed by atoms with Gasteiger partial charge in [0.05, 0.1) is 12.5 Å². The van der Waals surface area contributed by atoms with E-state index in [0.29, 0.717) is 17.9 Å². The Hall–Kier alpha value is -2.10. The van der Waals surface area contributed by atoms with Gasteiger partial charge in [-0.05, 0) is 24.3 Å². The summed E-state index contributed by atoms with van der Waals surface area (Å²) in [4.78, 5) is 26.0. The Kier molecular flexibility index (Phi) is 4.24. The molecule has 4 nitrogen and oxygen atoms in total. The van der Waals surface area contributed by atoms with Gasteiger partial charge < -0.3 is 8.83 Å². The number of furan rings is 2. The molecule has 3 atom stereocenters. The second-order valence-electron chi connectivity index (χ2n) is 7.55. The lowest BCUT2D eigenvalue weighted by Crippen LogP contribution is -2.47. The number of carbonyl (C=O) groups is 2. The summed E-state index contributed by atoms with van der Waals surface area (Å²) in [6.07, 6.45) is 3.52. The van der Waals surface area contributed by atoms with E-state index >= 15 is 0 Å². The number of Topliss-reactive ketones (excluding diaryl/α,β-unsaturated/α-hetero) is 2. The van der Waals surface area contributed by atoms with Gasteiger partial charge in [0.2, 0.25) is 0 Å². The summed E-state index contributed by atoms with van der Waals surface area (Å²) in [5.74, 6) is 0.697. The monoisotopic (exact) mass is 328 g/mol. The molecule has 1 aliphatic rings. The van der Waals surface area contributed by atoms with E-state index in [9.17, 15) is 9.59 Å². The van der Waals surface area contributed by atoms with E-state index in [1.807, 2.05) is 45.9 Å². The molecule has 0 aliphatic heterocycles. The molecule has 4 heteroatoms. The van der Waals surface area contributed by atoms with Crippen molar-refractivity contribution in [1.29, 1.82) is 0 Å². The first-order valence-electron chi connectivity index (χ1n) is 8.48. The molecule has 1 aliphatic carbocycles. The topological polar surface area (TPSA) is 60.4 Å². The number of ketones is 2. The van der Waals surface area contributed by atoms with Gasteiger partial charge in [-0.2, -0.15) is 0 Å². The standard InChI is InChI=1S/C20H24O4/c1-12(2)19(22)17-13(14-7-5-9-23-14)11-16(21)20(3,4)18(17)15-8-6-10-24-15/h5-10,12-13,17-18H,11H2,1-4H3/t13-,17+,18-/m0/s1. The van der Waals surface area contributed by atoms with Crippen LogP contribution >= 0.6 is 0 Å². The average molecular weight is 328 g/mol. The normalized spacial score (nSPS) is 26.7. The second-order valence-corrected chi connectivity index (χ2v) is 7.55. The van der Waals surface area contributed by atoms with Gasteiger partial charge in [0, 0.05) is 35.5 Å². The largest absolute Gasteiger partial charge is 0.469 e. The second kappa shape index (κ2) is 6.08. The highest BCUT2D eigenvalue weighted by Crippen LogP contribution is 2.54. The quantitative estimate of drug-likeness (QED) is 0.824. The fourth-order valence-electron chi connectivity index (χ4n) is 3.97. The van der Waals surface area contributed by atoms with Gasteiger partial charge in [0.25, 0.3) is 0 Å². The van der Waals surface area contributed by atoms with E-state index in [1.165, 1.54) is 0 Å². The molecule has 2 aromatic rings. The summed E-state index contributed by atoms with van der Waals surface area (Å²) >= 11 is 0. The highest BCUT2D eigenvalue weighted by atomic mass is 16.3. The third-order valence-corrected chi connectivity index (χ3v) is 5.35. The molecule has 2 aromatic heterocycles. The van der Waals surface area contributed by atoms with Crippen LogP contribution in [-0.4, -0.2) is 11.6 Å². The first-order valence-corrected chi connectivity index (χ1v) is 8.48. The first kappa shape index (κ1) is 16.7. The van der Waals surface area contributed by atoms with E-state index in [0.717, 1.165) is 0 Å². The fourth-order valence-corrected chi connectivity index (χ4v) is 3.97. The summed E-state index contributed by atoms with van der Waals surface area (Å²) in [5.41, 5.74) is -0.657. The van der Waals surface area contributed by atoms with Crippen LogP contribution in [-0.2, 0) is 9.59 Å². The zero-order valence-corrected chi connectivity index (χ0v) is 14.6. The van der Waals surface area contributed by atoms with E-state index in [-0.39, 0.29) is 35.2 Å². The van der Waals surface area contributed by atoms with Crippen LogP contribution in [0.3, 0.4) is 0 Å². The molecule has 1 fully saturated rings.